The van der Waals surface area contributed by atoms with Crippen LogP contribution in [0.15, 0.2) is 0 Å². The summed E-state index contributed by atoms with van der Waals surface area (Å²) in [5.41, 5.74) is -0.134. The zero-order valence-electron chi connectivity index (χ0n) is 14.5. The smallest absolute Gasteiger partial charge is 0.319 e. The van der Waals surface area contributed by atoms with Gasteiger partial charge in [-0.05, 0) is 18.8 Å². The van der Waals surface area contributed by atoms with Crippen molar-refractivity contribution >= 4 is 6.03 Å². The lowest BCUT2D eigenvalue weighted by atomic mass is 9.80. The number of amides is 2. The van der Waals surface area contributed by atoms with Crippen molar-refractivity contribution in [3.8, 4) is 0 Å². The number of carbonyl (C=O) groups excluding carboxylic acids is 1. The van der Waals surface area contributed by atoms with Gasteiger partial charge in [0.05, 0.1) is 6.10 Å². The molecule has 0 bridgehead atoms. The van der Waals surface area contributed by atoms with Crippen molar-refractivity contribution in [1.82, 2.24) is 15.1 Å². The molecule has 2 N–H and O–H groups in total. The number of nitrogens with zero attached hydrogens (tertiary/aromatic N) is 2. The molecule has 124 valence electrons. The van der Waals surface area contributed by atoms with Crippen molar-refractivity contribution in [3.63, 3.8) is 0 Å². The highest BCUT2D eigenvalue weighted by Crippen LogP contribution is 2.25. The zero-order valence-corrected chi connectivity index (χ0v) is 14.5. The molecule has 1 heterocycles. The lowest BCUT2D eigenvalue weighted by Crippen LogP contribution is -2.50. The first kappa shape index (κ1) is 18.2. The molecule has 1 fully saturated rings. The van der Waals surface area contributed by atoms with E-state index in [4.69, 9.17) is 0 Å². The maximum Gasteiger partial charge on any atom is 0.319 e. The summed E-state index contributed by atoms with van der Waals surface area (Å²) in [6, 6.07) is 0.541. The van der Waals surface area contributed by atoms with E-state index in [9.17, 15) is 9.90 Å². The summed E-state index contributed by atoms with van der Waals surface area (Å²) in [7, 11) is 3.59. The van der Waals surface area contributed by atoms with Crippen LogP contribution < -0.4 is 5.32 Å². The fourth-order valence-electron chi connectivity index (χ4n) is 2.97. The normalized spacial score (nSPS) is 19.0. The third-order valence-electron chi connectivity index (χ3n) is 4.43. The number of nitrogens with one attached hydrogen (secondary N) is 1. The lowest BCUT2D eigenvalue weighted by Gasteiger charge is -2.38. The van der Waals surface area contributed by atoms with Gasteiger partial charge in [0.15, 0.2) is 0 Å². The maximum atomic E-state index is 11.9. The van der Waals surface area contributed by atoms with Crippen LogP contribution in [0.3, 0.4) is 0 Å². The Morgan fingerprint density at radius 2 is 1.86 bits per heavy atom. The lowest BCUT2D eigenvalue weighted by molar-refractivity contribution is 0.0110. The second-order valence-electron chi connectivity index (χ2n) is 7.50. The number of hydrogen-bond donors (Lipinski definition) is 2. The van der Waals surface area contributed by atoms with Crippen molar-refractivity contribution in [2.75, 3.05) is 33.7 Å². The minimum absolute atomic E-state index is 0.101. The largest absolute Gasteiger partial charge is 0.392 e. The van der Waals surface area contributed by atoms with E-state index < -0.39 is 0 Å². The number of carbonyl (C=O) groups is 1. The fraction of sp³-hybridized carbons (Fsp3) is 0.938. The molecule has 1 atom stereocenters. The Labute approximate surface area is 129 Å². The van der Waals surface area contributed by atoms with E-state index in [-0.39, 0.29) is 23.5 Å². The van der Waals surface area contributed by atoms with Gasteiger partial charge in [0, 0.05) is 45.2 Å². The molecule has 2 amide bonds. The Kier molecular flexibility index (Phi) is 6.47. The van der Waals surface area contributed by atoms with Gasteiger partial charge in [-0.15, -0.1) is 0 Å². The van der Waals surface area contributed by atoms with Crippen molar-refractivity contribution in [1.29, 1.82) is 0 Å². The highest BCUT2D eigenvalue weighted by Gasteiger charge is 2.31. The Morgan fingerprint density at radius 3 is 2.29 bits per heavy atom. The molecule has 0 radical (unpaired) electrons. The molecule has 1 saturated heterocycles. The molecule has 0 aromatic rings. The molecule has 1 aliphatic heterocycles. The summed E-state index contributed by atoms with van der Waals surface area (Å²) in [6.07, 6.45) is 1.65. The Morgan fingerprint density at radius 1 is 1.33 bits per heavy atom. The highest BCUT2D eigenvalue weighted by atomic mass is 16.3. The summed E-state index contributed by atoms with van der Waals surface area (Å²) in [6.45, 7) is 10.7. The van der Waals surface area contributed by atoms with Crippen molar-refractivity contribution < 1.29 is 9.90 Å². The first-order valence-corrected chi connectivity index (χ1v) is 8.03. The van der Waals surface area contributed by atoms with Crippen LogP contribution in [0, 0.1) is 11.3 Å². The third-order valence-corrected chi connectivity index (χ3v) is 4.43. The van der Waals surface area contributed by atoms with Gasteiger partial charge in [0.2, 0.25) is 0 Å². The number of piperidine rings is 1. The van der Waals surface area contributed by atoms with Crippen LogP contribution in [0.5, 0.6) is 0 Å². The standard InChI is InChI=1S/C16H33N3O2/c1-12(2)14(20)16(3,4)11-17-13-7-9-19(10-8-13)15(21)18(5)6/h12-14,17,20H,7-11H2,1-6H3. The molecule has 21 heavy (non-hydrogen) atoms. The van der Waals surface area contributed by atoms with E-state index in [0.29, 0.717) is 6.04 Å². The quantitative estimate of drug-likeness (QED) is 0.813. The van der Waals surface area contributed by atoms with Crippen LogP contribution in [0.1, 0.15) is 40.5 Å². The molecule has 0 aliphatic carbocycles. The Hall–Kier alpha value is -0.810. The zero-order chi connectivity index (χ0) is 16.2. The van der Waals surface area contributed by atoms with Gasteiger partial charge < -0.3 is 20.2 Å². The van der Waals surface area contributed by atoms with Crippen LogP contribution in [0.25, 0.3) is 0 Å². The SMILES string of the molecule is CC(C)C(O)C(C)(C)CNC1CCN(C(=O)N(C)C)CC1. The number of hydrogen-bond acceptors (Lipinski definition) is 3. The number of urea groups is 1. The molecular weight excluding hydrogens is 266 g/mol. The van der Waals surface area contributed by atoms with Gasteiger partial charge in [-0.3, -0.25) is 0 Å². The van der Waals surface area contributed by atoms with E-state index >= 15 is 0 Å². The molecule has 1 unspecified atom stereocenters. The van der Waals surface area contributed by atoms with Gasteiger partial charge in [-0.1, -0.05) is 27.7 Å². The fourth-order valence-corrected chi connectivity index (χ4v) is 2.97. The summed E-state index contributed by atoms with van der Waals surface area (Å²) < 4.78 is 0. The second-order valence-corrected chi connectivity index (χ2v) is 7.50. The van der Waals surface area contributed by atoms with E-state index in [1.54, 1.807) is 19.0 Å². The highest BCUT2D eigenvalue weighted by molar-refractivity contribution is 5.73. The number of aliphatic hydroxyl groups excluding tert-OH is 1. The van der Waals surface area contributed by atoms with Crippen molar-refractivity contribution in [3.05, 3.63) is 0 Å². The monoisotopic (exact) mass is 299 g/mol. The third kappa shape index (κ3) is 5.15. The van der Waals surface area contributed by atoms with Crippen LogP contribution in [0.2, 0.25) is 0 Å². The first-order valence-electron chi connectivity index (χ1n) is 8.03. The summed E-state index contributed by atoms with van der Waals surface area (Å²) >= 11 is 0. The van der Waals surface area contributed by atoms with Gasteiger partial charge in [0.1, 0.15) is 0 Å². The second kappa shape index (κ2) is 7.45. The average molecular weight is 299 g/mol. The predicted molar refractivity (Wildman–Crippen MR) is 86.3 cm³/mol. The molecule has 5 heteroatoms. The summed E-state index contributed by atoms with van der Waals surface area (Å²) in [5.74, 6) is 0.265. The minimum atomic E-state index is -0.305. The average Bonchev–Trinajstić information content (AvgIpc) is 2.43. The molecule has 0 aromatic heterocycles. The van der Waals surface area contributed by atoms with Gasteiger partial charge in [-0.2, -0.15) is 0 Å². The van der Waals surface area contributed by atoms with Crippen molar-refractivity contribution in [2.45, 2.75) is 52.7 Å². The summed E-state index contributed by atoms with van der Waals surface area (Å²) in [5, 5.41) is 13.8. The van der Waals surface area contributed by atoms with Crippen LogP contribution >= 0.6 is 0 Å². The van der Waals surface area contributed by atoms with Crippen LogP contribution in [-0.4, -0.2) is 66.8 Å². The Balaban J connectivity index is 2.38. The predicted octanol–water partition coefficient (Wildman–Crippen LogP) is 1.77. The van der Waals surface area contributed by atoms with E-state index in [1.807, 2.05) is 4.90 Å². The van der Waals surface area contributed by atoms with Crippen molar-refractivity contribution in [2.24, 2.45) is 11.3 Å². The van der Waals surface area contributed by atoms with Crippen LogP contribution in [-0.2, 0) is 0 Å². The van der Waals surface area contributed by atoms with Gasteiger partial charge in [-0.25, -0.2) is 4.79 Å². The minimum Gasteiger partial charge on any atom is -0.392 e. The molecule has 0 aromatic carbocycles. The number of rotatable bonds is 5. The molecular formula is C16H33N3O2. The molecule has 1 aliphatic rings. The first-order chi connectivity index (χ1) is 9.65. The summed E-state index contributed by atoms with van der Waals surface area (Å²) in [4.78, 5) is 15.4. The van der Waals surface area contributed by atoms with E-state index in [2.05, 4.69) is 33.0 Å². The molecule has 0 spiro atoms. The topological polar surface area (TPSA) is 55.8 Å². The maximum absolute atomic E-state index is 11.9. The number of likely N-dealkylation sites (tertiary alicyclic amines) is 1. The van der Waals surface area contributed by atoms with E-state index in [0.717, 1.165) is 32.5 Å². The van der Waals surface area contributed by atoms with Crippen LogP contribution in [0.4, 0.5) is 4.79 Å². The van der Waals surface area contributed by atoms with Gasteiger partial charge in [0.25, 0.3) is 0 Å². The molecule has 0 saturated carbocycles. The molecule has 5 nitrogen and oxygen atoms in total. The van der Waals surface area contributed by atoms with Gasteiger partial charge >= 0.3 is 6.03 Å². The molecule has 1 rings (SSSR count). The Bertz CT molecular complexity index is 334. The van der Waals surface area contributed by atoms with E-state index in [1.165, 1.54) is 0 Å². The number of aliphatic hydroxyl groups is 1.